The number of allylic oxidation sites excluding steroid dienone is 2. The lowest BCUT2D eigenvalue weighted by Crippen LogP contribution is -1.90. The molecule has 0 saturated carbocycles. The van der Waals surface area contributed by atoms with Crippen LogP contribution in [-0.4, -0.2) is 10.8 Å². The fraction of sp³-hybridized carbons (Fsp3) is 0.750. The highest BCUT2D eigenvalue weighted by molar-refractivity contribution is 6.21. The number of rotatable bonds is 4. The van der Waals surface area contributed by atoms with E-state index in [1.54, 1.807) is 0 Å². The van der Waals surface area contributed by atoms with Crippen LogP contribution in [0.4, 0.5) is 0 Å². The van der Waals surface area contributed by atoms with E-state index >= 15 is 0 Å². The Bertz CT molecular complexity index is 97.4. The maximum absolute atomic E-state index is 5.82. The summed E-state index contributed by atoms with van der Waals surface area (Å²) in [4.78, 5) is 0. The lowest BCUT2D eigenvalue weighted by atomic mass is 10.2. The first-order chi connectivity index (χ1) is 4.66. The van der Waals surface area contributed by atoms with Gasteiger partial charge in [0.1, 0.15) is 0 Å². The van der Waals surface area contributed by atoms with Gasteiger partial charge in [-0.2, -0.15) is 0 Å². The highest BCUT2D eigenvalue weighted by atomic mass is 35.5. The van der Waals surface area contributed by atoms with Gasteiger partial charge in [0.2, 0.25) is 0 Å². The standard InChI is InChI=1S/C8H14Cl2/c1-3-8(10)6-4-5-7(2)9/h4,6-8H,3,5H2,1-2H3/b6-4+. The van der Waals surface area contributed by atoms with Crippen LogP contribution in [0, 0.1) is 0 Å². The summed E-state index contributed by atoms with van der Waals surface area (Å²) in [7, 11) is 0. The average Bonchev–Trinajstić information content (AvgIpc) is 1.87. The Labute approximate surface area is 73.2 Å². The van der Waals surface area contributed by atoms with Crippen LogP contribution < -0.4 is 0 Å². The van der Waals surface area contributed by atoms with Crippen LogP contribution in [0.5, 0.6) is 0 Å². The monoisotopic (exact) mass is 180 g/mol. The van der Waals surface area contributed by atoms with Crippen molar-refractivity contribution in [3.63, 3.8) is 0 Å². The average molecular weight is 181 g/mol. The zero-order valence-corrected chi connectivity index (χ0v) is 7.99. The van der Waals surface area contributed by atoms with Crippen molar-refractivity contribution >= 4 is 23.2 Å². The molecule has 0 heterocycles. The Morgan fingerprint density at radius 1 is 1.40 bits per heavy atom. The quantitative estimate of drug-likeness (QED) is 0.459. The number of hydrogen-bond acceptors (Lipinski definition) is 0. The van der Waals surface area contributed by atoms with Crippen LogP contribution in [-0.2, 0) is 0 Å². The van der Waals surface area contributed by atoms with E-state index < -0.39 is 0 Å². The van der Waals surface area contributed by atoms with Crippen LogP contribution in [0.25, 0.3) is 0 Å². The molecule has 0 N–H and O–H groups in total. The molecule has 0 aliphatic rings. The van der Waals surface area contributed by atoms with E-state index in [1.165, 1.54) is 0 Å². The van der Waals surface area contributed by atoms with Gasteiger partial charge in [-0.25, -0.2) is 0 Å². The minimum absolute atomic E-state index is 0.176. The molecule has 2 heteroatoms. The Hall–Kier alpha value is 0.320. The van der Waals surface area contributed by atoms with Crippen LogP contribution in [0.1, 0.15) is 26.7 Å². The zero-order chi connectivity index (χ0) is 7.98. The Balaban J connectivity index is 3.36. The van der Waals surface area contributed by atoms with Gasteiger partial charge in [0.15, 0.2) is 0 Å². The molecule has 0 fully saturated rings. The van der Waals surface area contributed by atoms with Crippen molar-refractivity contribution in [3.05, 3.63) is 12.2 Å². The molecular weight excluding hydrogens is 167 g/mol. The molecule has 0 spiro atoms. The molecule has 0 nitrogen and oxygen atoms in total. The van der Waals surface area contributed by atoms with Crippen molar-refractivity contribution in [2.75, 3.05) is 0 Å². The van der Waals surface area contributed by atoms with Gasteiger partial charge in [-0.3, -0.25) is 0 Å². The molecule has 0 aliphatic heterocycles. The van der Waals surface area contributed by atoms with E-state index in [-0.39, 0.29) is 10.8 Å². The minimum atomic E-state index is 0.176. The lowest BCUT2D eigenvalue weighted by Gasteiger charge is -1.98. The summed E-state index contributed by atoms with van der Waals surface area (Å²) in [6.07, 6.45) is 5.93. The Morgan fingerprint density at radius 3 is 2.40 bits per heavy atom. The normalized spacial score (nSPS) is 17.6. The summed E-state index contributed by atoms with van der Waals surface area (Å²) in [6, 6.07) is 0. The highest BCUT2D eigenvalue weighted by Gasteiger charge is 1.94. The molecule has 0 aliphatic carbocycles. The topological polar surface area (TPSA) is 0 Å². The highest BCUT2D eigenvalue weighted by Crippen LogP contribution is 2.06. The fourth-order valence-electron chi connectivity index (χ4n) is 0.550. The largest absolute Gasteiger partial charge is 0.123 e. The van der Waals surface area contributed by atoms with Crippen molar-refractivity contribution in [2.45, 2.75) is 37.4 Å². The third-order valence-electron chi connectivity index (χ3n) is 1.20. The summed E-state index contributed by atoms with van der Waals surface area (Å²) >= 11 is 11.5. The van der Waals surface area contributed by atoms with Gasteiger partial charge in [-0.15, -0.1) is 23.2 Å². The minimum Gasteiger partial charge on any atom is -0.123 e. The molecule has 10 heavy (non-hydrogen) atoms. The third kappa shape index (κ3) is 6.44. The first-order valence-corrected chi connectivity index (χ1v) is 4.49. The van der Waals surface area contributed by atoms with Crippen LogP contribution in [0.15, 0.2) is 12.2 Å². The molecular formula is C8H14Cl2. The van der Waals surface area contributed by atoms with Gasteiger partial charge in [0.25, 0.3) is 0 Å². The van der Waals surface area contributed by atoms with E-state index in [9.17, 15) is 0 Å². The summed E-state index contributed by atoms with van der Waals surface area (Å²) < 4.78 is 0. The molecule has 0 aromatic carbocycles. The molecule has 0 aromatic heterocycles. The molecule has 2 atom stereocenters. The van der Waals surface area contributed by atoms with Crippen LogP contribution in [0.2, 0.25) is 0 Å². The number of hydrogen-bond donors (Lipinski definition) is 0. The van der Waals surface area contributed by atoms with E-state index in [4.69, 9.17) is 23.2 Å². The van der Waals surface area contributed by atoms with Crippen molar-refractivity contribution in [1.29, 1.82) is 0 Å². The van der Waals surface area contributed by atoms with Crippen LogP contribution >= 0.6 is 23.2 Å². The predicted molar refractivity (Wildman–Crippen MR) is 49.0 cm³/mol. The molecule has 0 saturated heterocycles. The second-order valence-electron chi connectivity index (χ2n) is 2.37. The Morgan fingerprint density at radius 2 is 2.00 bits per heavy atom. The van der Waals surface area contributed by atoms with Gasteiger partial charge in [0.05, 0.1) is 5.38 Å². The lowest BCUT2D eigenvalue weighted by molar-refractivity contribution is 0.931. The van der Waals surface area contributed by atoms with Crippen molar-refractivity contribution < 1.29 is 0 Å². The summed E-state index contributed by atoms with van der Waals surface area (Å²) in [5.41, 5.74) is 0. The first kappa shape index (κ1) is 10.3. The van der Waals surface area contributed by atoms with Gasteiger partial charge in [-0.05, 0) is 19.8 Å². The van der Waals surface area contributed by atoms with Gasteiger partial charge >= 0.3 is 0 Å². The fourth-order valence-corrected chi connectivity index (χ4v) is 0.756. The van der Waals surface area contributed by atoms with Crippen molar-refractivity contribution in [1.82, 2.24) is 0 Å². The Kier molecular flexibility index (Phi) is 6.25. The van der Waals surface area contributed by atoms with Crippen molar-refractivity contribution in [3.8, 4) is 0 Å². The van der Waals surface area contributed by atoms with E-state index in [2.05, 4.69) is 6.92 Å². The van der Waals surface area contributed by atoms with E-state index in [0.717, 1.165) is 12.8 Å². The second kappa shape index (κ2) is 6.06. The molecule has 0 rings (SSSR count). The summed E-state index contributed by atoms with van der Waals surface area (Å²) in [5, 5.41) is 0.396. The third-order valence-corrected chi connectivity index (χ3v) is 1.83. The van der Waals surface area contributed by atoms with Crippen LogP contribution in [0.3, 0.4) is 0 Å². The summed E-state index contributed by atoms with van der Waals surface area (Å²) in [6.45, 7) is 4.03. The predicted octanol–water partition coefficient (Wildman–Crippen LogP) is 3.58. The van der Waals surface area contributed by atoms with Gasteiger partial charge in [-0.1, -0.05) is 19.1 Å². The smallest absolute Gasteiger partial charge is 0.0513 e. The number of halogens is 2. The first-order valence-electron chi connectivity index (χ1n) is 3.61. The molecule has 0 bridgehead atoms. The second-order valence-corrected chi connectivity index (χ2v) is 3.67. The van der Waals surface area contributed by atoms with Crippen molar-refractivity contribution in [2.24, 2.45) is 0 Å². The van der Waals surface area contributed by atoms with Gasteiger partial charge < -0.3 is 0 Å². The molecule has 0 amide bonds. The zero-order valence-electron chi connectivity index (χ0n) is 6.48. The maximum atomic E-state index is 5.82. The molecule has 2 unspecified atom stereocenters. The molecule has 0 radical (unpaired) electrons. The SMILES string of the molecule is CCC(Cl)/C=C/CC(C)Cl. The molecule has 60 valence electrons. The summed E-state index contributed by atoms with van der Waals surface area (Å²) in [5.74, 6) is 0. The van der Waals surface area contributed by atoms with E-state index in [0.29, 0.717) is 0 Å². The molecule has 0 aromatic rings. The number of alkyl halides is 2. The maximum Gasteiger partial charge on any atom is 0.0513 e. The van der Waals surface area contributed by atoms with E-state index in [1.807, 2.05) is 19.1 Å². The van der Waals surface area contributed by atoms with Gasteiger partial charge in [0, 0.05) is 5.38 Å².